The summed E-state index contributed by atoms with van der Waals surface area (Å²) < 4.78 is 10.3. The van der Waals surface area contributed by atoms with Crippen LogP contribution in [0.15, 0.2) is 17.2 Å². The van der Waals surface area contributed by atoms with Crippen molar-refractivity contribution in [2.24, 2.45) is 5.10 Å². The molecule has 124 valence electrons. The van der Waals surface area contributed by atoms with E-state index in [1.165, 1.54) is 18.3 Å². The van der Waals surface area contributed by atoms with E-state index in [1.807, 2.05) is 0 Å². The highest BCUT2D eigenvalue weighted by Gasteiger charge is 2.22. The number of nitrogens with one attached hydrogen (secondary N) is 2. The third kappa shape index (κ3) is 4.78. The molecule has 0 aromatic heterocycles. The molecule has 9 heteroatoms. The smallest absolute Gasteiger partial charge is 0.282 e. The predicted molar refractivity (Wildman–Crippen MR) is 90.1 cm³/mol. The molecule has 2 N–H and O–H groups in total. The molecule has 0 radical (unpaired) electrons. The fourth-order valence-electron chi connectivity index (χ4n) is 1.99. The molecule has 1 aliphatic rings. The Morgan fingerprint density at radius 1 is 1.43 bits per heavy atom. The molecule has 0 saturated heterocycles. The van der Waals surface area contributed by atoms with E-state index in [2.05, 4.69) is 22.8 Å². The minimum Gasteiger partial charge on any atom is -0.454 e. The number of unbranched alkanes of at least 4 members (excludes halogenated alkanes) is 2. The van der Waals surface area contributed by atoms with Crippen molar-refractivity contribution in [2.45, 2.75) is 26.2 Å². The zero-order valence-electron chi connectivity index (χ0n) is 12.7. The number of rotatable bonds is 7. The van der Waals surface area contributed by atoms with Crippen molar-refractivity contribution in [1.29, 1.82) is 0 Å². The summed E-state index contributed by atoms with van der Waals surface area (Å²) in [5, 5.41) is 18.4. The van der Waals surface area contributed by atoms with Crippen LogP contribution in [0.3, 0.4) is 0 Å². The lowest BCUT2D eigenvalue weighted by Crippen LogP contribution is -2.32. The number of hydrazone groups is 1. The van der Waals surface area contributed by atoms with E-state index in [-0.39, 0.29) is 12.5 Å². The number of nitro groups is 1. The van der Waals surface area contributed by atoms with Gasteiger partial charge < -0.3 is 14.8 Å². The van der Waals surface area contributed by atoms with Gasteiger partial charge in [-0.2, -0.15) is 5.10 Å². The second kappa shape index (κ2) is 8.28. The van der Waals surface area contributed by atoms with Crippen molar-refractivity contribution in [2.75, 3.05) is 13.3 Å². The Balaban J connectivity index is 1.96. The largest absolute Gasteiger partial charge is 0.454 e. The Hall–Kier alpha value is -2.42. The number of hydrogen-bond acceptors (Lipinski definition) is 6. The van der Waals surface area contributed by atoms with Gasteiger partial charge in [-0.05, 0) is 24.7 Å². The molecular formula is C14H18N4O4S. The molecule has 1 aromatic carbocycles. The molecular weight excluding hydrogens is 320 g/mol. The van der Waals surface area contributed by atoms with Gasteiger partial charge in [-0.3, -0.25) is 15.5 Å². The van der Waals surface area contributed by atoms with Crippen LogP contribution >= 0.6 is 12.2 Å². The first-order valence-electron chi connectivity index (χ1n) is 7.26. The molecule has 0 spiro atoms. The van der Waals surface area contributed by atoms with Crippen LogP contribution in [0.1, 0.15) is 31.7 Å². The molecule has 0 unspecified atom stereocenters. The molecule has 1 heterocycles. The van der Waals surface area contributed by atoms with Gasteiger partial charge in [0, 0.05) is 6.54 Å². The number of benzene rings is 1. The molecule has 23 heavy (non-hydrogen) atoms. The highest BCUT2D eigenvalue weighted by atomic mass is 32.1. The van der Waals surface area contributed by atoms with E-state index in [9.17, 15) is 10.1 Å². The average molecular weight is 338 g/mol. The number of hydrogen-bond donors (Lipinski definition) is 2. The molecule has 0 bridgehead atoms. The van der Waals surface area contributed by atoms with Crippen LogP contribution in [-0.4, -0.2) is 29.6 Å². The molecule has 2 rings (SSSR count). The van der Waals surface area contributed by atoms with Crippen molar-refractivity contribution in [3.05, 3.63) is 27.8 Å². The zero-order chi connectivity index (χ0) is 16.7. The maximum absolute atomic E-state index is 11.1. The topological polar surface area (TPSA) is 98.0 Å². The molecule has 8 nitrogen and oxygen atoms in total. The van der Waals surface area contributed by atoms with E-state index in [0.717, 1.165) is 25.8 Å². The maximum Gasteiger partial charge on any atom is 0.282 e. The summed E-state index contributed by atoms with van der Waals surface area (Å²) in [4.78, 5) is 10.6. The highest BCUT2D eigenvalue weighted by Crippen LogP contribution is 2.37. The summed E-state index contributed by atoms with van der Waals surface area (Å²) in [6.45, 7) is 2.94. The van der Waals surface area contributed by atoms with Gasteiger partial charge >= 0.3 is 0 Å². The first-order chi connectivity index (χ1) is 11.1. The van der Waals surface area contributed by atoms with Crippen LogP contribution in [0.5, 0.6) is 11.5 Å². The number of nitrogens with zero attached hydrogens (tertiary/aromatic N) is 2. The quantitative estimate of drug-likeness (QED) is 0.259. The van der Waals surface area contributed by atoms with Gasteiger partial charge in [0.2, 0.25) is 6.79 Å². The Kier molecular flexibility index (Phi) is 6.10. The minimum absolute atomic E-state index is 0.0527. The van der Waals surface area contributed by atoms with Gasteiger partial charge in [-0.25, -0.2) is 0 Å². The number of ether oxygens (including phenoxy) is 2. The second-order valence-electron chi connectivity index (χ2n) is 4.85. The fraction of sp³-hybridized carbons (Fsp3) is 0.429. The van der Waals surface area contributed by atoms with Crippen molar-refractivity contribution >= 4 is 29.2 Å². The lowest BCUT2D eigenvalue weighted by molar-refractivity contribution is -0.385. The molecule has 0 saturated carbocycles. The van der Waals surface area contributed by atoms with Gasteiger partial charge in [-0.1, -0.05) is 19.8 Å². The third-order valence-corrected chi connectivity index (χ3v) is 3.39. The molecule has 1 aliphatic heterocycles. The molecule has 0 fully saturated rings. The van der Waals surface area contributed by atoms with E-state index in [1.54, 1.807) is 0 Å². The Morgan fingerprint density at radius 3 is 2.87 bits per heavy atom. The van der Waals surface area contributed by atoms with E-state index < -0.39 is 4.92 Å². The van der Waals surface area contributed by atoms with Crippen molar-refractivity contribution in [3.8, 4) is 11.5 Å². The van der Waals surface area contributed by atoms with Crippen LogP contribution in [0.2, 0.25) is 0 Å². The average Bonchev–Trinajstić information content (AvgIpc) is 2.98. The van der Waals surface area contributed by atoms with Gasteiger partial charge in [0.1, 0.15) is 0 Å². The van der Waals surface area contributed by atoms with E-state index >= 15 is 0 Å². The van der Waals surface area contributed by atoms with Crippen molar-refractivity contribution < 1.29 is 14.4 Å². The monoisotopic (exact) mass is 338 g/mol. The summed E-state index contributed by atoms with van der Waals surface area (Å²) in [7, 11) is 0. The summed E-state index contributed by atoms with van der Waals surface area (Å²) in [5.74, 6) is 0.812. The lowest BCUT2D eigenvalue weighted by Gasteiger charge is -2.06. The third-order valence-electron chi connectivity index (χ3n) is 3.15. The van der Waals surface area contributed by atoms with E-state index in [4.69, 9.17) is 21.7 Å². The molecule has 0 atom stereocenters. The maximum atomic E-state index is 11.1. The van der Waals surface area contributed by atoms with Crippen LogP contribution in [0.25, 0.3) is 0 Å². The molecule has 1 aromatic rings. The number of fused-ring (bicyclic) bond motifs is 1. The van der Waals surface area contributed by atoms with Gasteiger partial charge in [0.05, 0.1) is 22.8 Å². The highest BCUT2D eigenvalue weighted by molar-refractivity contribution is 7.80. The number of nitro benzene ring substituents is 1. The molecule has 0 aliphatic carbocycles. The van der Waals surface area contributed by atoms with Crippen LogP contribution < -0.4 is 20.2 Å². The van der Waals surface area contributed by atoms with Crippen molar-refractivity contribution in [1.82, 2.24) is 10.7 Å². The number of thiocarbonyl (C=S) groups is 1. The first-order valence-corrected chi connectivity index (χ1v) is 7.67. The van der Waals surface area contributed by atoms with Crippen molar-refractivity contribution in [3.63, 3.8) is 0 Å². The summed E-state index contributed by atoms with van der Waals surface area (Å²) in [5.41, 5.74) is 2.83. The van der Waals surface area contributed by atoms with Gasteiger partial charge in [-0.15, -0.1) is 0 Å². The standard InChI is InChI=1S/C14H18N4O4S/c1-2-3-4-5-15-14(23)17-16-8-10-6-12-13(22-9-21-12)7-11(10)18(19)20/h6-8H,2-5,9H2,1H3,(H2,15,17,23)/b16-8-. The van der Waals surface area contributed by atoms with E-state index in [0.29, 0.717) is 22.2 Å². The molecule has 0 amide bonds. The SMILES string of the molecule is CCCCCNC(=S)N/N=C\c1cc2c(cc1[N+](=O)[O-])OCO2. The van der Waals surface area contributed by atoms with Crippen LogP contribution in [0, 0.1) is 10.1 Å². The summed E-state index contributed by atoms with van der Waals surface area (Å²) in [6.07, 6.45) is 4.62. The second-order valence-corrected chi connectivity index (χ2v) is 5.26. The van der Waals surface area contributed by atoms with Crippen LogP contribution in [-0.2, 0) is 0 Å². The lowest BCUT2D eigenvalue weighted by atomic mass is 10.1. The predicted octanol–water partition coefficient (Wildman–Crippen LogP) is 2.31. The van der Waals surface area contributed by atoms with Crippen LogP contribution in [0.4, 0.5) is 5.69 Å². The Morgan fingerprint density at radius 2 is 2.17 bits per heavy atom. The summed E-state index contributed by atoms with van der Waals surface area (Å²) >= 11 is 5.07. The zero-order valence-corrected chi connectivity index (χ0v) is 13.5. The Labute approximate surface area is 139 Å². The normalized spacial score (nSPS) is 12.4. The summed E-state index contributed by atoms with van der Waals surface area (Å²) in [6, 6.07) is 2.84. The van der Waals surface area contributed by atoms with Gasteiger partial charge in [0.15, 0.2) is 16.6 Å². The minimum atomic E-state index is -0.495. The van der Waals surface area contributed by atoms with Gasteiger partial charge in [0.25, 0.3) is 5.69 Å². The first kappa shape index (κ1) is 16.9. The fourth-order valence-corrected chi connectivity index (χ4v) is 2.14. The Bertz CT molecular complexity index is 621.